The molecule has 1 saturated heterocycles. The molecule has 5 rings (SSSR count). The van der Waals surface area contributed by atoms with Gasteiger partial charge in [-0.15, -0.1) is 0 Å². The van der Waals surface area contributed by atoms with Gasteiger partial charge in [0.1, 0.15) is 24.5 Å². The zero-order chi connectivity index (χ0) is 26.9. The average molecular weight is 519 g/mol. The number of rotatable bonds is 10. The van der Waals surface area contributed by atoms with Crippen LogP contribution in [0.25, 0.3) is 11.3 Å². The highest BCUT2D eigenvalue weighted by Gasteiger charge is 2.47. The van der Waals surface area contributed by atoms with Crippen LogP contribution in [0.3, 0.4) is 0 Å². The van der Waals surface area contributed by atoms with E-state index in [-0.39, 0.29) is 37.4 Å². The Morgan fingerprint density at radius 2 is 1.95 bits per heavy atom. The van der Waals surface area contributed by atoms with Gasteiger partial charge in [0.25, 0.3) is 0 Å². The van der Waals surface area contributed by atoms with Gasteiger partial charge in [-0.1, -0.05) is 29.8 Å². The Kier molecular flexibility index (Phi) is 7.13. The summed E-state index contributed by atoms with van der Waals surface area (Å²) in [4.78, 5) is 18.0. The van der Waals surface area contributed by atoms with Crippen LogP contribution in [0.4, 0.5) is 0 Å². The normalized spacial score (nSPS) is 19.3. The predicted octanol–water partition coefficient (Wildman–Crippen LogP) is 3.89. The van der Waals surface area contributed by atoms with Crippen molar-refractivity contribution in [2.75, 3.05) is 33.5 Å². The Bertz CT molecular complexity index is 1330. The molecule has 0 radical (unpaired) electrons. The molecule has 0 saturated carbocycles. The van der Waals surface area contributed by atoms with Gasteiger partial charge in [-0.25, -0.2) is 4.98 Å². The highest BCUT2D eigenvalue weighted by atomic mass is 16.5. The number of ether oxygens (including phenoxy) is 3. The van der Waals surface area contributed by atoms with E-state index < -0.39 is 5.60 Å². The molecule has 200 valence electrons. The number of nitrogens with zero attached hydrogens (tertiary/aromatic N) is 1. The lowest BCUT2D eigenvalue weighted by atomic mass is 9.80. The second-order valence-electron chi connectivity index (χ2n) is 10.3. The van der Waals surface area contributed by atoms with Gasteiger partial charge in [0.15, 0.2) is 23.0 Å². The van der Waals surface area contributed by atoms with Crippen LogP contribution in [-0.2, 0) is 11.1 Å². The molecule has 0 aliphatic carbocycles. The van der Waals surface area contributed by atoms with Crippen LogP contribution in [0.5, 0.6) is 17.2 Å². The predicted molar refractivity (Wildman–Crippen MR) is 143 cm³/mol. The third kappa shape index (κ3) is 4.87. The summed E-state index contributed by atoms with van der Waals surface area (Å²) in [6.45, 7) is 5.20. The number of ketones is 1. The Morgan fingerprint density at radius 1 is 1.18 bits per heavy atom. The molecule has 2 aliphatic heterocycles. The minimum atomic E-state index is -1.34. The minimum absolute atomic E-state index is 0.117. The lowest BCUT2D eigenvalue weighted by Crippen LogP contribution is -2.55. The minimum Gasteiger partial charge on any atom is -0.493 e. The van der Waals surface area contributed by atoms with Crippen molar-refractivity contribution in [3.63, 3.8) is 0 Å². The summed E-state index contributed by atoms with van der Waals surface area (Å²) in [5.41, 5.74) is 3.17. The van der Waals surface area contributed by atoms with Crippen LogP contribution in [0, 0.1) is 6.92 Å². The Hall–Kier alpha value is -3.46. The number of carbonyl (C=O) groups is 1. The summed E-state index contributed by atoms with van der Waals surface area (Å²) in [6.07, 6.45) is 1.26. The molecule has 2 aliphatic rings. The number of aliphatic hydroxyl groups is 2. The fraction of sp³-hybridized carbons (Fsp3) is 0.400. The van der Waals surface area contributed by atoms with E-state index in [0.29, 0.717) is 35.1 Å². The molecule has 1 fully saturated rings. The Balaban J connectivity index is 1.41. The molecule has 1 spiro atoms. The van der Waals surface area contributed by atoms with E-state index in [2.05, 4.69) is 5.32 Å². The maximum atomic E-state index is 13.1. The van der Waals surface area contributed by atoms with Crippen LogP contribution in [0.2, 0.25) is 0 Å². The van der Waals surface area contributed by atoms with Crippen molar-refractivity contribution in [3.8, 4) is 28.5 Å². The van der Waals surface area contributed by atoms with Gasteiger partial charge in [-0.2, -0.15) is 0 Å². The van der Waals surface area contributed by atoms with E-state index >= 15 is 0 Å². The molecule has 0 amide bonds. The molecule has 2 atom stereocenters. The molecule has 1 aromatic heterocycles. The van der Waals surface area contributed by atoms with Gasteiger partial charge in [0.05, 0.1) is 24.9 Å². The molecule has 3 aromatic rings. The summed E-state index contributed by atoms with van der Waals surface area (Å²) < 4.78 is 17.0. The van der Waals surface area contributed by atoms with Gasteiger partial charge in [0, 0.05) is 23.1 Å². The number of aliphatic hydroxyl groups excluding tert-OH is 1. The molecule has 3 heterocycles. The Morgan fingerprint density at radius 3 is 2.61 bits per heavy atom. The van der Waals surface area contributed by atoms with Crippen molar-refractivity contribution < 1.29 is 29.2 Å². The van der Waals surface area contributed by atoms with Gasteiger partial charge in [-0.3, -0.25) is 4.79 Å². The van der Waals surface area contributed by atoms with E-state index in [4.69, 9.17) is 24.3 Å². The first-order valence-corrected chi connectivity index (χ1v) is 12.9. The summed E-state index contributed by atoms with van der Waals surface area (Å²) in [5.74, 6) is 1.50. The lowest BCUT2D eigenvalue weighted by Gasteiger charge is -2.39. The number of methoxy groups -OCH3 is 1. The van der Waals surface area contributed by atoms with Crippen LogP contribution in [-0.4, -0.2) is 54.5 Å². The van der Waals surface area contributed by atoms with Crippen molar-refractivity contribution in [2.24, 2.45) is 0 Å². The third-order valence-electron chi connectivity index (χ3n) is 7.52. The third-order valence-corrected chi connectivity index (χ3v) is 7.52. The van der Waals surface area contributed by atoms with E-state index in [1.165, 1.54) is 7.11 Å². The first kappa shape index (κ1) is 26.2. The summed E-state index contributed by atoms with van der Waals surface area (Å²) in [7, 11) is 1.50. The molecular formula is C30H34N2O6. The van der Waals surface area contributed by atoms with E-state index in [9.17, 15) is 9.90 Å². The first-order chi connectivity index (χ1) is 18.3. The quantitative estimate of drug-likeness (QED) is 0.347. The highest BCUT2D eigenvalue weighted by Crippen LogP contribution is 2.48. The van der Waals surface area contributed by atoms with E-state index in [1.54, 1.807) is 25.1 Å². The molecule has 38 heavy (non-hydrogen) atoms. The number of carbonyl (C=O) groups excluding carboxylic acids is 1. The fourth-order valence-corrected chi connectivity index (χ4v) is 5.02. The summed E-state index contributed by atoms with van der Waals surface area (Å²) in [6, 6.07) is 15.0. The largest absolute Gasteiger partial charge is 0.493 e. The summed E-state index contributed by atoms with van der Waals surface area (Å²) >= 11 is 0. The van der Waals surface area contributed by atoms with Crippen molar-refractivity contribution in [1.29, 1.82) is 0 Å². The second-order valence-corrected chi connectivity index (χ2v) is 10.3. The number of nitrogens with one attached hydrogen (secondary N) is 1. The van der Waals surface area contributed by atoms with Crippen molar-refractivity contribution >= 4 is 5.78 Å². The van der Waals surface area contributed by atoms with Crippen LogP contribution < -0.4 is 19.5 Å². The number of Topliss-reactive ketones (excluding diaryl/α,β-unsaturated/α-hetero) is 1. The van der Waals surface area contributed by atoms with Crippen molar-refractivity contribution in [2.45, 2.75) is 44.2 Å². The lowest BCUT2D eigenvalue weighted by molar-refractivity contribution is 0.0395. The van der Waals surface area contributed by atoms with E-state index in [1.807, 2.05) is 37.3 Å². The number of fused-ring (bicyclic) bond motifs is 2. The molecule has 8 nitrogen and oxygen atoms in total. The van der Waals surface area contributed by atoms with Crippen LogP contribution >= 0.6 is 0 Å². The number of aryl methyl sites for hydroxylation is 1. The monoisotopic (exact) mass is 518 g/mol. The van der Waals surface area contributed by atoms with Crippen LogP contribution in [0.15, 0.2) is 48.5 Å². The molecule has 2 aromatic carbocycles. The second kappa shape index (κ2) is 10.4. The topological polar surface area (TPSA) is 110 Å². The standard InChI is InChI=1S/C30H34N2O6/c1-19-4-6-20(7-5-19)27-28-22(30(18-38-28)12-13-31-30)17-26(32-27)29(2,35)11-10-23(34)21-8-9-24(37-15-14-33)25(16-21)36-3/h4-9,16-17,31,33,35H,10-15,18H2,1-3H3. The maximum absolute atomic E-state index is 13.1. The number of aromatic nitrogens is 1. The number of hydrogen-bond donors (Lipinski definition) is 3. The average Bonchev–Trinajstić information content (AvgIpc) is 3.31. The molecular weight excluding hydrogens is 484 g/mol. The molecule has 3 N–H and O–H groups in total. The van der Waals surface area contributed by atoms with Crippen molar-refractivity contribution in [1.82, 2.24) is 10.3 Å². The number of hydrogen-bond acceptors (Lipinski definition) is 8. The zero-order valence-electron chi connectivity index (χ0n) is 22.0. The van der Waals surface area contributed by atoms with Gasteiger partial charge in [-0.05, 0) is 57.5 Å². The smallest absolute Gasteiger partial charge is 0.163 e. The van der Waals surface area contributed by atoms with E-state index in [0.717, 1.165) is 35.4 Å². The Labute approximate surface area is 222 Å². The van der Waals surface area contributed by atoms with Crippen molar-refractivity contribution in [3.05, 3.63) is 70.9 Å². The maximum Gasteiger partial charge on any atom is 0.163 e. The van der Waals surface area contributed by atoms with Crippen LogP contribution in [0.1, 0.15) is 53.4 Å². The molecule has 8 heteroatoms. The SMILES string of the molecule is COc1cc(C(=O)CCC(C)(O)c2cc3c(c(-c4ccc(C)cc4)n2)OCC32CCN2)ccc1OCCO. The first-order valence-electron chi connectivity index (χ1n) is 12.9. The summed E-state index contributed by atoms with van der Waals surface area (Å²) in [5, 5.41) is 24.1. The highest BCUT2D eigenvalue weighted by molar-refractivity contribution is 5.96. The molecule has 0 bridgehead atoms. The molecule has 2 unspecified atom stereocenters. The van der Waals surface area contributed by atoms with Gasteiger partial charge < -0.3 is 29.7 Å². The van der Waals surface area contributed by atoms with Gasteiger partial charge in [0.2, 0.25) is 0 Å². The van der Waals surface area contributed by atoms with Gasteiger partial charge >= 0.3 is 0 Å². The zero-order valence-corrected chi connectivity index (χ0v) is 22.0. The number of pyridine rings is 1. The number of benzene rings is 2. The fourth-order valence-electron chi connectivity index (χ4n) is 5.02.